The Morgan fingerprint density at radius 2 is 1.40 bits per heavy atom. The van der Waals surface area contributed by atoms with Crippen LogP contribution in [-0.4, -0.2) is 62.7 Å². The monoisotopic (exact) mass is 294 g/mol. The van der Waals surface area contributed by atoms with Crippen LogP contribution in [-0.2, 0) is 24.0 Å². The van der Waals surface area contributed by atoms with Gasteiger partial charge in [0.05, 0.1) is 19.8 Å². The highest BCUT2D eigenvalue weighted by molar-refractivity contribution is 5.71. The fourth-order valence-corrected chi connectivity index (χ4v) is 1.55. The number of rotatable bonds is 10. The van der Waals surface area contributed by atoms with E-state index in [4.69, 9.17) is 24.0 Å². The van der Waals surface area contributed by atoms with Crippen molar-refractivity contribution in [3.05, 3.63) is 0 Å². The van der Waals surface area contributed by atoms with E-state index in [2.05, 4.69) is 0 Å². The molecule has 20 heavy (non-hydrogen) atoms. The van der Waals surface area contributed by atoms with Gasteiger partial charge in [0, 0.05) is 14.2 Å². The standard InChI is InChI=1S/C12H26N2O6/c1-7-18-13(10(4)11(16-5)17-6)12(15)14(19-8-2)20-9-3/h10-11H,7-9H2,1-6H3. The molecule has 0 heterocycles. The third kappa shape index (κ3) is 5.59. The number of hydrogen-bond donors (Lipinski definition) is 0. The number of hydrogen-bond acceptors (Lipinski definition) is 6. The molecule has 0 saturated heterocycles. The molecule has 0 saturated carbocycles. The number of carbonyl (C=O) groups is 1. The van der Waals surface area contributed by atoms with Gasteiger partial charge in [-0.25, -0.2) is 14.5 Å². The van der Waals surface area contributed by atoms with E-state index in [0.717, 1.165) is 10.3 Å². The van der Waals surface area contributed by atoms with Crippen LogP contribution in [0.3, 0.4) is 0 Å². The van der Waals surface area contributed by atoms with Crippen LogP contribution in [0.25, 0.3) is 0 Å². The van der Waals surface area contributed by atoms with Crippen LogP contribution < -0.4 is 0 Å². The lowest BCUT2D eigenvalue weighted by atomic mass is 10.3. The summed E-state index contributed by atoms with van der Waals surface area (Å²) in [7, 11) is 2.98. The summed E-state index contributed by atoms with van der Waals surface area (Å²) < 4.78 is 10.3. The molecule has 0 spiro atoms. The molecule has 120 valence electrons. The van der Waals surface area contributed by atoms with E-state index in [1.54, 1.807) is 27.7 Å². The molecule has 0 N–H and O–H groups in total. The van der Waals surface area contributed by atoms with Gasteiger partial charge in [0.2, 0.25) is 0 Å². The van der Waals surface area contributed by atoms with E-state index >= 15 is 0 Å². The molecule has 0 aliphatic carbocycles. The van der Waals surface area contributed by atoms with Gasteiger partial charge in [-0.1, -0.05) is 5.23 Å². The fraction of sp³-hybridized carbons (Fsp3) is 0.917. The van der Waals surface area contributed by atoms with Gasteiger partial charge in [-0.2, -0.15) is 5.06 Å². The van der Waals surface area contributed by atoms with Crippen LogP contribution in [0.5, 0.6) is 0 Å². The van der Waals surface area contributed by atoms with Crippen LogP contribution in [0, 0.1) is 0 Å². The maximum atomic E-state index is 12.4. The molecule has 0 radical (unpaired) electrons. The molecule has 0 aromatic rings. The minimum Gasteiger partial charge on any atom is -0.354 e. The molecule has 1 atom stereocenters. The number of methoxy groups -OCH3 is 2. The zero-order chi connectivity index (χ0) is 15.5. The van der Waals surface area contributed by atoms with Gasteiger partial charge in [0.15, 0.2) is 6.29 Å². The maximum absolute atomic E-state index is 12.4. The first-order valence-corrected chi connectivity index (χ1v) is 6.64. The van der Waals surface area contributed by atoms with Crippen molar-refractivity contribution in [1.29, 1.82) is 0 Å². The minimum atomic E-state index is -0.629. The quantitative estimate of drug-likeness (QED) is 0.450. The number of nitrogens with zero attached hydrogens (tertiary/aromatic N) is 2. The van der Waals surface area contributed by atoms with Crippen LogP contribution >= 0.6 is 0 Å². The van der Waals surface area contributed by atoms with E-state index < -0.39 is 18.4 Å². The molecule has 8 nitrogen and oxygen atoms in total. The third-order valence-corrected chi connectivity index (χ3v) is 2.33. The van der Waals surface area contributed by atoms with E-state index in [9.17, 15) is 4.79 Å². The molecule has 0 bridgehead atoms. The predicted molar refractivity (Wildman–Crippen MR) is 71.2 cm³/mol. The van der Waals surface area contributed by atoms with Crippen molar-refractivity contribution in [2.45, 2.75) is 40.0 Å². The molecule has 8 heteroatoms. The van der Waals surface area contributed by atoms with Crippen molar-refractivity contribution in [2.24, 2.45) is 0 Å². The lowest BCUT2D eigenvalue weighted by Crippen LogP contribution is -2.51. The van der Waals surface area contributed by atoms with Gasteiger partial charge in [0.25, 0.3) is 0 Å². The van der Waals surface area contributed by atoms with Crippen LogP contribution in [0.15, 0.2) is 0 Å². The number of urea groups is 1. The largest absolute Gasteiger partial charge is 0.393 e. The fourth-order valence-electron chi connectivity index (χ4n) is 1.55. The number of hydroxylamine groups is 4. The maximum Gasteiger partial charge on any atom is 0.393 e. The van der Waals surface area contributed by atoms with Gasteiger partial charge in [-0.05, 0) is 27.7 Å². The van der Waals surface area contributed by atoms with Crippen LogP contribution in [0.1, 0.15) is 27.7 Å². The summed E-state index contributed by atoms with van der Waals surface area (Å²) in [6.45, 7) is 7.90. The summed E-state index contributed by atoms with van der Waals surface area (Å²) in [5.74, 6) is 0. The lowest BCUT2D eigenvalue weighted by Gasteiger charge is -2.33. The third-order valence-electron chi connectivity index (χ3n) is 2.33. The van der Waals surface area contributed by atoms with Crippen molar-refractivity contribution in [2.75, 3.05) is 34.0 Å². The van der Waals surface area contributed by atoms with E-state index in [1.165, 1.54) is 14.2 Å². The van der Waals surface area contributed by atoms with E-state index in [0.29, 0.717) is 6.61 Å². The Labute approximate surface area is 120 Å². The highest BCUT2D eigenvalue weighted by atomic mass is 17.0. The van der Waals surface area contributed by atoms with Gasteiger partial charge in [-0.3, -0.25) is 4.84 Å². The van der Waals surface area contributed by atoms with Crippen LogP contribution in [0.2, 0.25) is 0 Å². The van der Waals surface area contributed by atoms with Gasteiger partial charge < -0.3 is 9.47 Å². The van der Waals surface area contributed by atoms with Crippen molar-refractivity contribution in [3.8, 4) is 0 Å². The second-order valence-corrected chi connectivity index (χ2v) is 3.70. The average Bonchev–Trinajstić information content (AvgIpc) is 2.45. The summed E-state index contributed by atoms with van der Waals surface area (Å²) in [4.78, 5) is 28.0. The second-order valence-electron chi connectivity index (χ2n) is 3.70. The summed E-state index contributed by atoms with van der Waals surface area (Å²) in [5.41, 5.74) is 0. The molecule has 0 aromatic heterocycles. The zero-order valence-corrected chi connectivity index (χ0v) is 13.1. The van der Waals surface area contributed by atoms with Crippen molar-refractivity contribution < 1.29 is 28.8 Å². The van der Waals surface area contributed by atoms with Crippen LogP contribution in [0.4, 0.5) is 4.79 Å². The number of carbonyl (C=O) groups excluding carboxylic acids is 1. The molecular weight excluding hydrogens is 268 g/mol. The highest BCUT2D eigenvalue weighted by Crippen LogP contribution is 2.13. The Kier molecular flexibility index (Phi) is 10.3. The van der Waals surface area contributed by atoms with E-state index in [1.807, 2.05) is 0 Å². The van der Waals surface area contributed by atoms with E-state index in [-0.39, 0.29) is 13.2 Å². The van der Waals surface area contributed by atoms with Crippen molar-refractivity contribution in [1.82, 2.24) is 10.3 Å². The summed E-state index contributed by atoms with van der Waals surface area (Å²) in [5, 5.41) is 1.91. The Bertz CT molecular complexity index is 256. The molecule has 1 unspecified atom stereocenters. The molecule has 0 aliphatic rings. The van der Waals surface area contributed by atoms with Gasteiger partial charge in [-0.15, -0.1) is 0 Å². The lowest BCUT2D eigenvalue weighted by molar-refractivity contribution is -0.343. The number of amides is 2. The normalized spacial score (nSPS) is 12.6. The van der Waals surface area contributed by atoms with Gasteiger partial charge >= 0.3 is 6.03 Å². The molecule has 2 amide bonds. The molecule has 0 fully saturated rings. The summed E-state index contributed by atoms with van der Waals surface area (Å²) in [6.07, 6.45) is -0.629. The Morgan fingerprint density at radius 3 is 1.75 bits per heavy atom. The minimum absolute atomic E-state index is 0.290. The van der Waals surface area contributed by atoms with Crippen molar-refractivity contribution >= 4 is 6.03 Å². The number of ether oxygens (including phenoxy) is 2. The predicted octanol–water partition coefficient (Wildman–Crippen LogP) is 1.57. The van der Waals surface area contributed by atoms with Gasteiger partial charge in [0.1, 0.15) is 6.04 Å². The molecule has 0 aromatic carbocycles. The Morgan fingerprint density at radius 1 is 0.950 bits per heavy atom. The molecular formula is C12H26N2O6. The SMILES string of the molecule is CCON(OCC)C(=O)N(OCC)C(C)C(OC)OC. The summed E-state index contributed by atoms with van der Waals surface area (Å²) >= 11 is 0. The topological polar surface area (TPSA) is 69.7 Å². The average molecular weight is 294 g/mol. The van der Waals surface area contributed by atoms with Crippen molar-refractivity contribution in [3.63, 3.8) is 0 Å². The first-order chi connectivity index (χ1) is 9.56. The summed E-state index contributed by atoms with van der Waals surface area (Å²) in [6, 6.07) is -1.07. The first-order valence-electron chi connectivity index (χ1n) is 6.64. The highest BCUT2D eigenvalue weighted by Gasteiger charge is 2.33. The Hall–Kier alpha value is -0.930. The smallest absolute Gasteiger partial charge is 0.354 e. The second kappa shape index (κ2) is 10.8. The molecule has 0 rings (SSSR count). The zero-order valence-electron chi connectivity index (χ0n) is 13.1. The Balaban J connectivity index is 4.97. The molecule has 0 aliphatic heterocycles. The first kappa shape index (κ1) is 19.1.